The first-order chi connectivity index (χ1) is 4.83. The van der Waals surface area contributed by atoms with E-state index in [1.165, 1.54) is 10.5 Å². The quantitative estimate of drug-likeness (QED) is 0.692. The Kier molecular flexibility index (Phi) is 2.66. The fraction of sp³-hybridized carbons (Fsp3) is 0.250. The molecule has 0 atom stereocenters. The summed E-state index contributed by atoms with van der Waals surface area (Å²) in [5, 5.41) is 2.07. The van der Waals surface area contributed by atoms with Gasteiger partial charge < -0.3 is 5.73 Å². The summed E-state index contributed by atoms with van der Waals surface area (Å²) < 4.78 is 0. The fourth-order valence-corrected chi connectivity index (χ4v) is 1.42. The van der Waals surface area contributed by atoms with Crippen LogP contribution in [0.5, 0.6) is 0 Å². The highest BCUT2D eigenvalue weighted by Gasteiger charge is 1.87. The SMILES string of the molecule is CC(=Cc1cccs1)CN. The first-order valence-electron chi connectivity index (χ1n) is 3.23. The van der Waals surface area contributed by atoms with Gasteiger partial charge in [0.25, 0.3) is 0 Å². The molecule has 0 aliphatic heterocycles. The number of nitrogens with two attached hydrogens (primary N) is 1. The average Bonchev–Trinajstić information content (AvgIpc) is 2.40. The van der Waals surface area contributed by atoms with Crippen LogP contribution in [0.25, 0.3) is 6.08 Å². The molecule has 0 bridgehead atoms. The summed E-state index contributed by atoms with van der Waals surface area (Å²) in [5.41, 5.74) is 6.65. The van der Waals surface area contributed by atoms with E-state index >= 15 is 0 Å². The molecule has 1 aromatic heterocycles. The average molecular weight is 153 g/mol. The zero-order chi connectivity index (χ0) is 7.40. The van der Waals surface area contributed by atoms with Gasteiger partial charge in [0.1, 0.15) is 0 Å². The van der Waals surface area contributed by atoms with Gasteiger partial charge in [-0.25, -0.2) is 0 Å². The molecule has 0 saturated heterocycles. The zero-order valence-electron chi connectivity index (χ0n) is 6.00. The van der Waals surface area contributed by atoms with Crippen LogP contribution in [0, 0.1) is 0 Å². The van der Waals surface area contributed by atoms with E-state index in [0.717, 1.165) is 0 Å². The number of hydrogen-bond donors (Lipinski definition) is 1. The van der Waals surface area contributed by atoms with Crippen molar-refractivity contribution in [2.24, 2.45) is 5.73 Å². The summed E-state index contributed by atoms with van der Waals surface area (Å²) in [4.78, 5) is 1.28. The largest absolute Gasteiger partial charge is 0.327 e. The predicted octanol–water partition coefficient (Wildman–Crippen LogP) is 2.11. The van der Waals surface area contributed by atoms with Crippen LogP contribution in [-0.4, -0.2) is 6.54 Å². The van der Waals surface area contributed by atoms with E-state index in [2.05, 4.69) is 17.5 Å². The Labute approximate surface area is 65.2 Å². The fourth-order valence-electron chi connectivity index (χ4n) is 0.675. The van der Waals surface area contributed by atoms with Gasteiger partial charge in [-0.1, -0.05) is 11.6 Å². The Hall–Kier alpha value is -0.600. The third-order valence-corrected chi connectivity index (χ3v) is 2.07. The Morgan fingerprint density at radius 2 is 2.60 bits per heavy atom. The Morgan fingerprint density at radius 1 is 1.80 bits per heavy atom. The van der Waals surface area contributed by atoms with Crippen molar-refractivity contribution < 1.29 is 0 Å². The molecular weight excluding hydrogens is 142 g/mol. The minimum atomic E-state index is 0.651. The Bertz CT molecular complexity index is 211. The second-order valence-corrected chi connectivity index (χ2v) is 3.19. The lowest BCUT2D eigenvalue weighted by Crippen LogP contribution is -1.98. The van der Waals surface area contributed by atoms with Crippen LogP contribution in [0.2, 0.25) is 0 Å². The van der Waals surface area contributed by atoms with E-state index in [9.17, 15) is 0 Å². The molecule has 2 heteroatoms. The summed E-state index contributed by atoms with van der Waals surface area (Å²) in [5.74, 6) is 0. The van der Waals surface area contributed by atoms with Crippen molar-refractivity contribution >= 4 is 17.4 Å². The molecule has 0 fully saturated rings. The van der Waals surface area contributed by atoms with Crippen molar-refractivity contribution in [3.05, 3.63) is 28.0 Å². The topological polar surface area (TPSA) is 26.0 Å². The van der Waals surface area contributed by atoms with Crippen LogP contribution >= 0.6 is 11.3 Å². The van der Waals surface area contributed by atoms with Gasteiger partial charge in [-0.3, -0.25) is 0 Å². The van der Waals surface area contributed by atoms with Gasteiger partial charge in [-0.15, -0.1) is 11.3 Å². The van der Waals surface area contributed by atoms with Gasteiger partial charge in [-0.2, -0.15) is 0 Å². The van der Waals surface area contributed by atoms with Crippen molar-refractivity contribution in [3.8, 4) is 0 Å². The highest BCUT2D eigenvalue weighted by atomic mass is 32.1. The van der Waals surface area contributed by atoms with Gasteiger partial charge in [0.05, 0.1) is 0 Å². The van der Waals surface area contributed by atoms with Crippen molar-refractivity contribution in [3.63, 3.8) is 0 Å². The second kappa shape index (κ2) is 3.54. The highest BCUT2D eigenvalue weighted by Crippen LogP contribution is 2.12. The monoisotopic (exact) mass is 153 g/mol. The Balaban J connectivity index is 2.71. The predicted molar refractivity (Wildman–Crippen MR) is 47.0 cm³/mol. The molecule has 1 heterocycles. The maximum Gasteiger partial charge on any atom is 0.0270 e. The maximum absolute atomic E-state index is 5.42. The van der Waals surface area contributed by atoms with Gasteiger partial charge in [0.15, 0.2) is 0 Å². The van der Waals surface area contributed by atoms with Crippen LogP contribution in [-0.2, 0) is 0 Å². The summed E-state index contributed by atoms with van der Waals surface area (Å²) >= 11 is 1.73. The third kappa shape index (κ3) is 1.97. The molecule has 1 nitrogen and oxygen atoms in total. The van der Waals surface area contributed by atoms with Crippen LogP contribution in [0.4, 0.5) is 0 Å². The van der Waals surface area contributed by atoms with Crippen molar-refractivity contribution in [2.75, 3.05) is 6.54 Å². The smallest absolute Gasteiger partial charge is 0.0270 e. The van der Waals surface area contributed by atoms with Crippen molar-refractivity contribution in [1.29, 1.82) is 0 Å². The van der Waals surface area contributed by atoms with E-state index in [4.69, 9.17) is 5.73 Å². The molecule has 1 aromatic rings. The molecule has 0 amide bonds. The summed E-state index contributed by atoms with van der Waals surface area (Å²) in [6, 6.07) is 4.13. The number of rotatable bonds is 2. The molecule has 0 aliphatic rings. The molecule has 54 valence electrons. The minimum absolute atomic E-state index is 0.651. The van der Waals surface area contributed by atoms with Crippen LogP contribution in [0.15, 0.2) is 23.1 Å². The zero-order valence-corrected chi connectivity index (χ0v) is 6.82. The number of hydrogen-bond acceptors (Lipinski definition) is 2. The van der Waals surface area contributed by atoms with Gasteiger partial charge in [0.2, 0.25) is 0 Å². The van der Waals surface area contributed by atoms with Gasteiger partial charge >= 0.3 is 0 Å². The molecule has 10 heavy (non-hydrogen) atoms. The van der Waals surface area contributed by atoms with E-state index in [-0.39, 0.29) is 0 Å². The molecule has 0 spiro atoms. The van der Waals surface area contributed by atoms with Crippen LogP contribution < -0.4 is 5.73 Å². The molecule has 0 radical (unpaired) electrons. The van der Waals surface area contributed by atoms with E-state index in [0.29, 0.717) is 6.54 Å². The van der Waals surface area contributed by atoms with Gasteiger partial charge in [-0.05, 0) is 24.4 Å². The standard InChI is InChI=1S/C8H11NS/c1-7(6-9)5-8-3-2-4-10-8/h2-5H,6,9H2,1H3. The van der Waals surface area contributed by atoms with E-state index < -0.39 is 0 Å². The lowest BCUT2D eigenvalue weighted by molar-refractivity contribution is 1.15. The van der Waals surface area contributed by atoms with Crippen molar-refractivity contribution in [1.82, 2.24) is 0 Å². The normalized spacial score (nSPS) is 12.0. The molecule has 0 aliphatic carbocycles. The van der Waals surface area contributed by atoms with Crippen LogP contribution in [0.3, 0.4) is 0 Å². The first kappa shape index (κ1) is 7.51. The first-order valence-corrected chi connectivity index (χ1v) is 4.11. The summed E-state index contributed by atoms with van der Waals surface area (Å²) in [6.45, 7) is 2.69. The Morgan fingerprint density at radius 3 is 3.10 bits per heavy atom. The lowest BCUT2D eigenvalue weighted by atomic mass is 10.2. The van der Waals surface area contributed by atoms with Crippen molar-refractivity contribution in [2.45, 2.75) is 6.92 Å². The summed E-state index contributed by atoms with van der Waals surface area (Å²) in [6.07, 6.45) is 2.12. The highest BCUT2D eigenvalue weighted by molar-refractivity contribution is 7.10. The summed E-state index contributed by atoms with van der Waals surface area (Å²) in [7, 11) is 0. The van der Waals surface area contributed by atoms with E-state index in [1.54, 1.807) is 11.3 Å². The molecule has 1 rings (SSSR count). The molecule has 0 saturated carbocycles. The lowest BCUT2D eigenvalue weighted by Gasteiger charge is -1.91. The second-order valence-electron chi connectivity index (χ2n) is 2.21. The molecule has 0 unspecified atom stereocenters. The van der Waals surface area contributed by atoms with Gasteiger partial charge in [0, 0.05) is 11.4 Å². The number of thiophene rings is 1. The minimum Gasteiger partial charge on any atom is -0.327 e. The maximum atomic E-state index is 5.42. The third-order valence-electron chi connectivity index (χ3n) is 1.25. The molecule has 0 aromatic carbocycles. The molecular formula is C8H11NS. The van der Waals surface area contributed by atoms with Crippen LogP contribution in [0.1, 0.15) is 11.8 Å². The molecule has 2 N–H and O–H groups in total. The van der Waals surface area contributed by atoms with E-state index in [1.807, 2.05) is 13.0 Å².